The average Bonchev–Trinajstić information content (AvgIpc) is 2.41. The van der Waals surface area contributed by atoms with Crippen LogP contribution in [0, 0.1) is 12.3 Å². The molecule has 0 aliphatic rings. The van der Waals surface area contributed by atoms with Crippen molar-refractivity contribution in [2.24, 2.45) is 0 Å². The number of H-pyrrole nitrogens is 1. The molecule has 1 heterocycles. The third-order valence-electron chi connectivity index (χ3n) is 2.42. The van der Waals surface area contributed by atoms with Crippen molar-refractivity contribution < 1.29 is 8.42 Å². The SMILES string of the molecule is C#Cc1cccc(NS(=O)(=O)c2c[nH]c(=O)c(Cl)c2)c1. The van der Waals surface area contributed by atoms with Crippen LogP contribution >= 0.6 is 11.6 Å². The quantitative estimate of drug-likeness (QED) is 0.849. The molecule has 0 atom stereocenters. The summed E-state index contributed by atoms with van der Waals surface area (Å²) in [6.07, 6.45) is 6.32. The van der Waals surface area contributed by atoms with Gasteiger partial charge in [-0.05, 0) is 24.3 Å². The lowest BCUT2D eigenvalue weighted by Gasteiger charge is -2.08. The zero-order valence-corrected chi connectivity index (χ0v) is 11.6. The van der Waals surface area contributed by atoms with Crippen LogP contribution in [0.2, 0.25) is 5.02 Å². The third-order valence-corrected chi connectivity index (χ3v) is 4.06. The van der Waals surface area contributed by atoms with Crippen LogP contribution in [0.15, 0.2) is 46.2 Å². The van der Waals surface area contributed by atoms with Crippen LogP contribution in [0.4, 0.5) is 5.69 Å². The maximum absolute atomic E-state index is 12.1. The molecule has 0 spiro atoms. The Bertz CT molecular complexity index is 850. The molecule has 0 fully saturated rings. The monoisotopic (exact) mass is 308 g/mol. The minimum absolute atomic E-state index is 0.145. The van der Waals surface area contributed by atoms with Crippen molar-refractivity contribution in [1.82, 2.24) is 4.98 Å². The largest absolute Gasteiger partial charge is 0.326 e. The van der Waals surface area contributed by atoms with Crippen LogP contribution < -0.4 is 10.3 Å². The number of aromatic nitrogens is 1. The van der Waals surface area contributed by atoms with Gasteiger partial charge in [-0.3, -0.25) is 9.52 Å². The summed E-state index contributed by atoms with van der Waals surface area (Å²) in [4.78, 5) is 13.2. The first-order chi connectivity index (χ1) is 9.42. The van der Waals surface area contributed by atoms with Gasteiger partial charge in [0.1, 0.15) is 9.92 Å². The van der Waals surface area contributed by atoms with Gasteiger partial charge in [0.25, 0.3) is 15.6 Å². The molecule has 2 N–H and O–H groups in total. The molecule has 0 radical (unpaired) electrons. The van der Waals surface area contributed by atoms with E-state index < -0.39 is 15.6 Å². The van der Waals surface area contributed by atoms with Gasteiger partial charge in [-0.25, -0.2) is 8.42 Å². The number of terminal acetylenes is 1. The lowest BCUT2D eigenvalue weighted by Crippen LogP contribution is -2.16. The molecule has 20 heavy (non-hydrogen) atoms. The summed E-state index contributed by atoms with van der Waals surface area (Å²) in [6.45, 7) is 0. The van der Waals surface area contributed by atoms with Crippen LogP contribution in [-0.2, 0) is 10.0 Å². The Labute approximate surface area is 120 Å². The summed E-state index contributed by atoms with van der Waals surface area (Å²) >= 11 is 5.61. The summed E-state index contributed by atoms with van der Waals surface area (Å²) in [5.74, 6) is 2.41. The van der Waals surface area contributed by atoms with Gasteiger partial charge in [-0.15, -0.1) is 6.42 Å². The fourth-order valence-electron chi connectivity index (χ4n) is 1.48. The van der Waals surface area contributed by atoms with E-state index in [4.69, 9.17) is 18.0 Å². The van der Waals surface area contributed by atoms with Crippen molar-refractivity contribution in [1.29, 1.82) is 0 Å². The minimum atomic E-state index is -3.85. The number of anilines is 1. The minimum Gasteiger partial charge on any atom is -0.326 e. The van der Waals surface area contributed by atoms with Gasteiger partial charge in [-0.1, -0.05) is 23.6 Å². The highest BCUT2D eigenvalue weighted by Crippen LogP contribution is 2.17. The van der Waals surface area contributed by atoms with Crippen LogP contribution in [0.25, 0.3) is 0 Å². The maximum atomic E-state index is 12.1. The van der Waals surface area contributed by atoms with Gasteiger partial charge < -0.3 is 4.98 Å². The first-order valence-corrected chi connectivity index (χ1v) is 7.26. The number of rotatable bonds is 3. The fraction of sp³-hybridized carbons (Fsp3) is 0. The van der Waals surface area contributed by atoms with E-state index in [0.29, 0.717) is 11.3 Å². The Morgan fingerprint density at radius 2 is 2.05 bits per heavy atom. The Hall–Kier alpha value is -2.23. The molecule has 0 amide bonds. The van der Waals surface area contributed by atoms with Crippen LogP contribution in [0.5, 0.6) is 0 Å². The van der Waals surface area contributed by atoms with Gasteiger partial charge in [0, 0.05) is 11.8 Å². The standard InChI is InChI=1S/C13H9ClN2O3S/c1-2-9-4-3-5-10(6-9)16-20(18,19)11-7-12(14)13(17)15-8-11/h1,3-8,16H,(H,15,17). The van der Waals surface area contributed by atoms with Gasteiger partial charge >= 0.3 is 0 Å². The van der Waals surface area contributed by atoms with Gasteiger partial charge in [-0.2, -0.15) is 0 Å². The second kappa shape index (κ2) is 5.41. The molecule has 1 aromatic heterocycles. The molecule has 0 bridgehead atoms. The van der Waals surface area contributed by atoms with Gasteiger partial charge in [0.05, 0.1) is 5.69 Å². The molecule has 1 aromatic carbocycles. The number of aromatic amines is 1. The first kappa shape index (κ1) is 14.2. The van der Waals surface area contributed by atoms with E-state index >= 15 is 0 Å². The van der Waals surface area contributed by atoms with E-state index in [0.717, 1.165) is 12.3 Å². The number of nitrogens with one attached hydrogen (secondary N) is 2. The first-order valence-electron chi connectivity index (χ1n) is 5.40. The molecule has 0 unspecified atom stereocenters. The van der Waals surface area contributed by atoms with Crippen molar-refractivity contribution in [2.45, 2.75) is 4.90 Å². The lowest BCUT2D eigenvalue weighted by atomic mass is 10.2. The van der Waals surface area contributed by atoms with E-state index in [-0.39, 0.29) is 9.92 Å². The Morgan fingerprint density at radius 1 is 1.30 bits per heavy atom. The molecule has 5 nitrogen and oxygen atoms in total. The number of hydrogen-bond donors (Lipinski definition) is 2. The zero-order valence-electron chi connectivity index (χ0n) is 10.1. The lowest BCUT2D eigenvalue weighted by molar-refractivity contribution is 0.600. The average molecular weight is 309 g/mol. The molecule has 7 heteroatoms. The molecular formula is C13H9ClN2O3S. The summed E-state index contributed by atoms with van der Waals surface area (Å²) in [6, 6.07) is 7.46. The molecule has 0 saturated carbocycles. The van der Waals surface area contributed by atoms with Crippen LogP contribution in [-0.4, -0.2) is 13.4 Å². The van der Waals surface area contributed by atoms with E-state index in [1.54, 1.807) is 18.2 Å². The Kier molecular flexibility index (Phi) is 3.84. The zero-order chi connectivity index (χ0) is 14.8. The number of hydrogen-bond acceptors (Lipinski definition) is 3. The second-order valence-electron chi connectivity index (χ2n) is 3.84. The molecule has 0 aliphatic heterocycles. The summed E-state index contributed by atoms with van der Waals surface area (Å²) in [5, 5.41) is -0.203. The molecular weight excluding hydrogens is 300 g/mol. The molecule has 2 aromatic rings. The normalized spacial score (nSPS) is 10.8. The van der Waals surface area contributed by atoms with Crippen LogP contribution in [0.3, 0.4) is 0 Å². The second-order valence-corrected chi connectivity index (χ2v) is 5.93. The Morgan fingerprint density at radius 3 is 2.70 bits per heavy atom. The van der Waals surface area contributed by atoms with Crippen molar-refractivity contribution >= 4 is 27.3 Å². The molecule has 102 valence electrons. The van der Waals surface area contributed by atoms with Crippen LogP contribution in [0.1, 0.15) is 5.56 Å². The maximum Gasteiger partial charge on any atom is 0.266 e. The van der Waals surface area contributed by atoms with Crippen molar-refractivity contribution in [3.05, 3.63) is 57.5 Å². The highest BCUT2D eigenvalue weighted by molar-refractivity contribution is 7.92. The van der Waals surface area contributed by atoms with E-state index in [2.05, 4.69) is 15.6 Å². The topological polar surface area (TPSA) is 79.0 Å². The number of pyridine rings is 1. The predicted octanol–water partition coefficient (Wildman–Crippen LogP) is 1.81. The highest BCUT2D eigenvalue weighted by Gasteiger charge is 2.15. The summed E-state index contributed by atoms with van der Waals surface area (Å²) < 4.78 is 26.6. The molecule has 2 rings (SSSR count). The van der Waals surface area contributed by atoms with Gasteiger partial charge in [0.2, 0.25) is 0 Å². The summed E-state index contributed by atoms with van der Waals surface area (Å²) in [5.41, 5.74) is 0.312. The van der Waals surface area contributed by atoms with Crippen molar-refractivity contribution in [3.63, 3.8) is 0 Å². The molecule has 0 aliphatic carbocycles. The van der Waals surface area contributed by atoms with E-state index in [1.165, 1.54) is 6.07 Å². The highest BCUT2D eigenvalue weighted by atomic mass is 35.5. The fourth-order valence-corrected chi connectivity index (χ4v) is 2.76. The van der Waals surface area contributed by atoms with Crippen molar-refractivity contribution in [2.75, 3.05) is 4.72 Å². The number of halogens is 1. The molecule has 0 saturated heterocycles. The van der Waals surface area contributed by atoms with Crippen molar-refractivity contribution in [3.8, 4) is 12.3 Å². The Balaban J connectivity index is 2.38. The third kappa shape index (κ3) is 3.02. The smallest absolute Gasteiger partial charge is 0.266 e. The summed E-state index contributed by atoms with van der Waals surface area (Å²) in [7, 11) is -3.85. The van der Waals surface area contributed by atoms with E-state index in [1.807, 2.05) is 0 Å². The number of benzene rings is 1. The van der Waals surface area contributed by atoms with Gasteiger partial charge in [0.15, 0.2) is 0 Å². The van der Waals surface area contributed by atoms with E-state index in [9.17, 15) is 13.2 Å². The number of sulfonamides is 1. The predicted molar refractivity (Wildman–Crippen MR) is 77.3 cm³/mol.